The number of ether oxygens (including phenoxy) is 1. The normalized spacial score (nSPS) is 16.6. The van der Waals surface area contributed by atoms with Crippen LogP contribution in [0.25, 0.3) is 0 Å². The van der Waals surface area contributed by atoms with Crippen molar-refractivity contribution in [1.82, 2.24) is 5.32 Å². The molecule has 0 fully saturated rings. The van der Waals surface area contributed by atoms with Gasteiger partial charge in [-0.25, -0.2) is 0 Å². The van der Waals surface area contributed by atoms with Crippen LogP contribution in [0.5, 0.6) is 5.75 Å². The van der Waals surface area contributed by atoms with Crippen LogP contribution in [0.4, 0.5) is 0 Å². The second kappa shape index (κ2) is 6.50. The maximum atomic E-state index is 5.96. The average Bonchev–Trinajstić information content (AvgIpc) is 2.89. The minimum Gasteiger partial charge on any atom is -0.488 e. The Morgan fingerprint density at radius 1 is 1.19 bits per heavy atom. The second-order valence-corrected chi connectivity index (χ2v) is 5.91. The zero-order valence-corrected chi connectivity index (χ0v) is 13.0. The molecule has 0 amide bonds. The Morgan fingerprint density at radius 3 is 2.90 bits per heavy atom. The van der Waals surface area contributed by atoms with E-state index >= 15 is 0 Å². The predicted molar refractivity (Wildman–Crippen MR) is 87.0 cm³/mol. The van der Waals surface area contributed by atoms with E-state index in [4.69, 9.17) is 16.3 Å². The first kappa shape index (κ1) is 14.4. The molecule has 1 aliphatic rings. The molecule has 1 unspecified atom stereocenters. The number of hydrogen-bond acceptors (Lipinski definition) is 2. The van der Waals surface area contributed by atoms with Gasteiger partial charge in [0.25, 0.3) is 0 Å². The molecule has 3 rings (SSSR count). The van der Waals surface area contributed by atoms with Gasteiger partial charge in [-0.15, -0.1) is 11.6 Å². The monoisotopic (exact) mass is 301 g/mol. The lowest BCUT2D eigenvalue weighted by molar-refractivity contribution is 0.227. The zero-order valence-electron chi connectivity index (χ0n) is 12.2. The minimum atomic E-state index is 0.234. The second-order valence-electron chi connectivity index (χ2n) is 5.64. The quantitative estimate of drug-likeness (QED) is 0.848. The summed E-state index contributed by atoms with van der Waals surface area (Å²) in [6.45, 7) is 3.83. The number of aryl methyl sites for hydroxylation is 1. The first-order valence-electron chi connectivity index (χ1n) is 7.35. The van der Waals surface area contributed by atoms with Crippen LogP contribution in [0, 0.1) is 6.92 Å². The lowest BCUT2D eigenvalue weighted by atomic mass is 10.1. The summed E-state index contributed by atoms with van der Waals surface area (Å²) in [4.78, 5) is 0. The van der Waals surface area contributed by atoms with Crippen LogP contribution in [-0.2, 0) is 18.8 Å². The van der Waals surface area contributed by atoms with Gasteiger partial charge in [0, 0.05) is 25.4 Å². The van der Waals surface area contributed by atoms with Gasteiger partial charge in [0.05, 0.1) is 0 Å². The molecule has 1 aliphatic heterocycles. The zero-order chi connectivity index (χ0) is 14.7. The van der Waals surface area contributed by atoms with E-state index in [9.17, 15) is 0 Å². The fourth-order valence-corrected chi connectivity index (χ4v) is 2.93. The fourth-order valence-electron chi connectivity index (χ4n) is 2.76. The number of halogens is 1. The Labute approximate surface area is 131 Å². The van der Waals surface area contributed by atoms with Gasteiger partial charge in [-0.2, -0.15) is 0 Å². The third-order valence-corrected chi connectivity index (χ3v) is 4.11. The van der Waals surface area contributed by atoms with Crippen molar-refractivity contribution in [1.29, 1.82) is 0 Å². The van der Waals surface area contributed by atoms with E-state index in [0.717, 1.165) is 30.8 Å². The smallest absolute Gasteiger partial charge is 0.123 e. The number of benzene rings is 2. The Hall–Kier alpha value is -1.51. The van der Waals surface area contributed by atoms with Crippen molar-refractivity contribution < 1.29 is 4.74 Å². The highest BCUT2D eigenvalue weighted by Crippen LogP contribution is 2.29. The van der Waals surface area contributed by atoms with Gasteiger partial charge in [0.1, 0.15) is 11.9 Å². The molecule has 1 N–H and O–H groups in total. The molecular weight excluding hydrogens is 282 g/mol. The molecule has 2 aromatic carbocycles. The van der Waals surface area contributed by atoms with Gasteiger partial charge in [0.15, 0.2) is 0 Å². The number of hydrogen-bond donors (Lipinski definition) is 1. The van der Waals surface area contributed by atoms with E-state index in [1.54, 1.807) is 0 Å². The maximum Gasteiger partial charge on any atom is 0.123 e. The molecule has 0 spiro atoms. The number of rotatable bonds is 5. The standard InChI is InChI=1S/C18H20ClNO/c1-13-5-6-18-16(7-13)9-17(21-18)12-20-11-15-4-2-3-14(8-15)10-19/h2-8,17,20H,9-12H2,1H3. The van der Waals surface area contributed by atoms with E-state index in [2.05, 4.69) is 54.7 Å². The Balaban J connectivity index is 1.51. The van der Waals surface area contributed by atoms with E-state index in [1.165, 1.54) is 16.7 Å². The van der Waals surface area contributed by atoms with Crippen molar-refractivity contribution in [3.05, 3.63) is 64.7 Å². The highest BCUT2D eigenvalue weighted by molar-refractivity contribution is 6.17. The van der Waals surface area contributed by atoms with Crippen LogP contribution in [-0.4, -0.2) is 12.6 Å². The SMILES string of the molecule is Cc1ccc2c(c1)CC(CNCc1cccc(CCl)c1)O2. The largest absolute Gasteiger partial charge is 0.488 e. The Morgan fingerprint density at radius 2 is 2.05 bits per heavy atom. The van der Waals surface area contributed by atoms with Crippen molar-refractivity contribution in [2.24, 2.45) is 0 Å². The van der Waals surface area contributed by atoms with Crippen LogP contribution < -0.4 is 10.1 Å². The summed E-state index contributed by atoms with van der Waals surface area (Å²) in [6, 6.07) is 14.8. The summed E-state index contributed by atoms with van der Waals surface area (Å²) >= 11 is 5.86. The van der Waals surface area contributed by atoms with Gasteiger partial charge in [-0.3, -0.25) is 0 Å². The third-order valence-electron chi connectivity index (χ3n) is 3.80. The summed E-state index contributed by atoms with van der Waals surface area (Å²) in [5.74, 6) is 1.60. The van der Waals surface area contributed by atoms with E-state index in [-0.39, 0.29) is 6.10 Å². The summed E-state index contributed by atoms with van der Waals surface area (Å²) in [5.41, 5.74) is 5.05. The maximum absolute atomic E-state index is 5.96. The summed E-state index contributed by atoms with van der Waals surface area (Å²) < 4.78 is 5.96. The first-order valence-corrected chi connectivity index (χ1v) is 7.89. The van der Waals surface area contributed by atoms with Gasteiger partial charge in [-0.05, 0) is 29.7 Å². The van der Waals surface area contributed by atoms with Crippen molar-refractivity contribution in [2.75, 3.05) is 6.54 Å². The number of alkyl halides is 1. The van der Waals surface area contributed by atoms with E-state index in [1.807, 2.05) is 0 Å². The molecule has 110 valence electrons. The van der Waals surface area contributed by atoms with Crippen molar-refractivity contribution in [2.45, 2.75) is 31.9 Å². The van der Waals surface area contributed by atoms with Gasteiger partial charge < -0.3 is 10.1 Å². The highest BCUT2D eigenvalue weighted by atomic mass is 35.5. The first-order chi connectivity index (χ1) is 10.2. The van der Waals surface area contributed by atoms with Gasteiger partial charge in [-0.1, -0.05) is 42.0 Å². The molecule has 0 bridgehead atoms. The van der Waals surface area contributed by atoms with Crippen LogP contribution in [0.3, 0.4) is 0 Å². The van der Waals surface area contributed by atoms with Crippen molar-refractivity contribution in [3.63, 3.8) is 0 Å². The molecular formula is C18H20ClNO. The molecule has 2 nitrogen and oxygen atoms in total. The molecule has 2 aromatic rings. The molecule has 0 saturated heterocycles. The van der Waals surface area contributed by atoms with Gasteiger partial charge in [0.2, 0.25) is 0 Å². The molecule has 3 heteroatoms. The molecule has 1 atom stereocenters. The van der Waals surface area contributed by atoms with Gasteiger partial charge >= 0.3 is 0 Å². The van der Waals surface area contributed by atoms with Crippen molar-refractivity contribution in [3.8, 4) is 5.75 Å². The van der Waals surface area contributed by atoms with Crippen LogP contribution in [0.15, 0.2) is 42.5 Å². The lowest BCUT2D eigenvalue weighted by Crippen LogP contribution is -2.29. The fraction of sp³-hybridized carbons (Fsp3) is 0.333. The number of nitrogens with one attached hydrogen (secondary N) is 1. The lowest BCUT2D eigenvalue weighted by Gasteiger charge is -2.12. The van der Waals surface area contributed by atoms with Crippen LogP contribution >= 0.6 is 11.6 Å². The predicted octanol–water partition coefficient (Wildman–Crippen LogP) is 3.83. The summed E-state index contributed by atoms with van der Waals surface area (Å²) in [6.07, 6.45) is 1.23. The molecule has 1 heterocycles. The van der Waals surface area contributed by atoms with E-state index < -0.39 is 0 Å². The molecule has 0 aromatic heterocycles. The summed E-state index contributed by atoms with van der Waals surface area (Å²) in [5, 5.41) is 3.48. The average molecular weight is 302 g/mol. The Kier molecular flexibility index (Phi) is 4.47. The molecule has 0 aliphatic carbocycles. The molecule has 0 saturated carbocycles. The Bertz CT molecular complexity index is 626. The summed E-state index contributed by atoms with van der Waals surface area (Å²) in [7, 11) is 0. The van der Waals surface area contributed by atoms with Crippen molar-refractivity contribution >= 4 is 11.6 Å². The third kappa shape index (κ3) is 3.58. The van der Waals surface area contributed by atoms with Crippen LogP contribution in [0.2, 0.25) is 0 Å². The molecule has 0 radical (unpaired) electrons. The highest BCUT2D eigenvalue weighted by Gasteiger charge is 2.22. The van der Waals surface area contributed by atoms with Crippen LogP contribution in [0.1, 0.15) is 22.3 Å². The van der Waals surface area contributed by atoms with E-state index in [0.29, 0.717) is 5.88 Å². The minimum absolute atomic E-state index is 0.234. The topological polar surface area (TPSA) is 21.3 Å². The molecule has 21 heavy (non-hydrogen) atoms. The number of fused-ring (bicyclic) bond motifs is 1.